The number of carbonyl (C=O) groups excluding carboxylic acids is 2. The van der Waals surface area contributed by atoms with Crippen molar-refractivity contribution in [3.05, 3.63) is 48.0 Å². The lowest BCUT2D eigenvalue weighted by Crippen LogP contribution is -2.60. The van der Waals surface area contributed by atoms with E-state index in [4.69, 9.17) is 5.73 Å². The molecule has 1 aliphatic rings. The first-order chi connectivity index (χ1) is 12.5. The molecule has 8 nitrogen and oxygen atoms in total. The van der Waals surface area contributed by atoms with E-state index in [9.17, 15) is 9.59 Å². The normalized spacial score (nSPS) is 14.3. The number of fused-ring (bicyclic) bond motifs is 1. The lowest BCUT2D eigenvalue weighted by atomic mass is 10.0. The summed E-state index contributed by atoms with van der Waals surface area (Å²) < 4.78 is 1.68. The van der Waals surface area contributed by atoms with Crippen molar-refractivity contribution in [2.45, 2.75) is 13.0 Å². The highest BCUT2D eigenvalue weighted by Gasteiger charge is 2.31. The Hall–Kier alpha value is -3.42. The Bertz CT molecular complexity index is 989. The van der Waals surface area contributed by atoms with Crippen LogP contribution in [0.5, 0.6) is 0 Å². The van der Waals surface area contributed by atoms with Gasteiger partial charge in [-0.1, -0.05) is 18.2 Å². The van der Waals surface area contributed by atoms with Gasteiger partial charge in [0.2, 0.25) is 11.9 Å². The number of amides is 2. The summed E-state index contributed by atoms with van der Waals surface area (Å²) in [7, 11) is 0. The number of anilines is 1. The topological polar surface area (TPSA) is 106 Å². The van der Waals surface area contributed by atoms with Crippen LogP contribution in [0.25, 0.3) is 16.9 Å². The number of carbonyl (C=O) groups is 2. The van der Waals surface area contributed by atoms with Gasteiger partial charge in [-0.05, 0) is 24.3 Å². The number of benzene rings is 1. The van der Waals surface area contributed by atoms with Crippen LogP contribution in [-0.2, 0) is 4.79 Å². The number of nitrogens with one attached hydrogen (secondary N) is 1. The summed E-state index contributed by atoms with van der Waals surface area (Å²) in [5, 5.41) is 7.01. The molecular weight excluding hydrogens is 332 g/mol. The smallest absolute Gasteiger partial charge is 0.253 e. The van der Waals surface area contributed by atoms with E-state index in [1.165, 1.54) is 6.92 Å². The Morgan fingerprint density at radius 3 is 2.58 bits per heavy atom. The zero-order valence-corrected chi connectivity index (χ0v) is 14.2. The largest absolute Gasteiger partial charge is 0.366 e. The van der Waals surface area contributed by atoms with Gasteiger partial charge >= 0.3 is 0 Å². The number of aromatic nitrogens is 3. The molecule has 2 aromatic heterocycles. The fraction of sp³-hybridized carbons (Fsp3) is 0.222. The Morgan fingerprint density at radius 1 is 1.15 bits per heavy atom. The molecule has 1 aromatic carbocycles. The van der Waals surface area contributed by atoms with Gasteiger partial charge < -0.3 is 16.0 Å². The molecule has 0 radical (unpaired) electrons. The number of hydrogen-bond acceptors (Lipinski definition) is 5. The van der Waals surface area contributed by atoms with Crippen molar-refractivity contribution in [1.82, 2.24) is 24.8 Å². The third-order valence-electron chi connectivity index (χ3n) is 4.38. The van der Waals surface area contributed by atoms with E-state index in [-0.39, 0.29) is 23.8 Å². The fourth-order valence-corrected chi connectivity index (χ4v) is 3.13. The van der Waals surface area contributed by atoms with E-state index in [0.717, 1.165) is 11.3 Å². The van der Waals surface area contributed by atoms with Gasteiger partial charge in [-0.2, -0.15) is 4.98 Å². The molecule has 0 spiro atoms. The molecule has 3 N–H and O–H groups in total. The zero-order chi connectivity index (χ0) is 18.3. The summed E-state index contributed by atoms with van der Waals surface area (Å²) in [6.07, 6.45) is 0. The first kappa shape index (κ1) is 16.1. The molecule has 132 valence electrons. The summed E-state index contributed by atoms with van der Waals surface area (Å²) >= 11 is 0. The second-order valence-electron chi connectivity index (χ2n) is 6.34. The van der Waals surface area contributed by atoms with Crippen LogP contribution in [-0.4, -0.2) is 50.4 Å². The predicted octanol–water partition coefficient (Wildman–Crippen LogP) is 0.939. The highest BCUT2D eigenvalue weighted by molar-refractivity contribution is 5.95. The fourth-order valence-electron chi connectivity index (χ4n) is 3.13. The number of rotatable bonds is 3. The first-order valence-electron chi connectivity index (χ1n) is 8.29. The molecule has 1 saturated heterocycles. The molecule has 26 heavy (non-hydrogen) atoms. The number of nitrogens with zero attached hydrogens (tertiary/aromatic N) is 4. The first-order valence-corrected chi connectivity index (χ1v) is 8.29. The summed E-state index contributed by atoms with van der Waals surface area (Å²) in [4.78, 5) is 29.4. The van der Waals surface area contributed by atoms with Crippen molar-refractivity contribution >= 4 is 23.4 Å². The molecule has 2 amide bonds. The summed E-state index contributed by atoms with van der Waals surface area (Å²) in [6.45, 7) is 2.56. The SMILES string of the molecule is CC(=O)NC1CN(C(=O)c2ccc(-c3cccc4nc(N)nn34)cc2)C1. The van der Waals surface area contributed by atoms with Gasteiger partial charge in [0.1, 0.15) is 0 Å². The summed E-state index contributed by atoms with van der Waals surface area (Å²) in [5.74, 6) is 0.103. The van der Waals surface area contributed by atoms with Crippen LogP contribution < -0.4 is 11.1 Å². The average Bonchev–Trinajstić information content (AvgIpc) is 2.97. The van der Waals surface area contributed by atoms with Crippen LogP contribution in [0.3, 0.4) is 0 Å². The molecule has 4 rings (SSSR count). The number of likely N-dealkylation sites (tertiary alicyclic amines) is 1. The van der Waals surface area contributed by atoms with E-state index < -0.39 is 0 Å². The second-order valence-corrected chi connectivity index (χ2v) is 6.34. The van der Waals surface area contributed by atoms with Crippen LogP contribution in [0.4, 0.5) is 5.95 Å². The lowest BCUT2D eigenvalue weighted by Gasteiger charge is -2.39. The Morgan fingerprint density at radius 2 is 1.88 bits per heavy atom. The van der Waals surface area contributed by atoms with Crippen LogP contribution in [0.2, 0.25) is 0 Å². The number of pyridine rings is 1. The minimum Gasteiger partial charge on any atom is -0.366 e. The third-order valence-corrected chi connectivity index (χ3v) is 4.38. The van der Waals surface area contributed by atoms with Gasteiger partial charge in [0, 0.05) is 31.1 Å². The molecule has 0 unspecified atom stereocenters. The molecule has 0 bridgehead atoms. The third kappa shape index (κ3) is 2.85. The molecule has 1 aliphatic heterocycles. The van der Waals surface area contributed by atoms with Gasteiger partial charge in [-0.3, -0.25) is 9.59 Å². The molecule has 3 aromatic rings. The standard InChI is InChI=1S/C18H18N6O2/c1-11(25)20-14-9-23(10-14)17(26)13-7-5-12(6-8-13)15-3-2-4-16-21-18(19)22-24(15)16/h2-8,14H,9-10H2,1H3,(H2,19,22)(H,20,25). The van der Waals surface area contributed by atoms with Crippen LogP contribution >= 0.6 is 0 Å². The zero-order valence-electron chi connectivity index (χ0n) is 14.2. The van der Waals surface area contributed by atoms with E-state index in [1.54, 1.807) is 21.5 Å². The average molecular weight is 350 g/mol. The van der Waals surface area contributed by atoms with E-state index >= 15 is 0 Å². The minimum absolute atomic E-state index is 0.0404. The molecule has 1 fully saturated rings. The Balaban J connectivity index is 1.52. The van der Waals surface area contributed by atoms with Gasteiger partial charge in [-0.15, -0.1) is 5.10 Å². The maximum atomic E-state index is 12.5. The molecule has 0 atom stereocenters. The van der Waals surface area contributed by atoms with Gasteiger partial charge in [0.15, 0.2) is 5.65 Å². The van der Waals surface area contributed by atoms with E-state index in [2.05, 4.69) is 15.4 Å². The van der Waals surface area contributed by atoms with Gasteiger partial charge in [-0.25, -0.2) is 4.52 Å². The molecule has 8 heteroatoms. The van der Waals surface area contributed by atoms with Crippen molar-refractivity contribution in [3.8, 4) is 11.3 Å². The minimum atomic E-state index is -0.0747. The summed E-state index contributed by atoms with van der Waals surface area (Å²) in [6, 6.07) is 13.0. The van der Waals surface area contributed by atoms with Crippen molar-refractivity contribution in [2.24, 2.45) is 0 Å². The van der Waals surface area contributed by atoms with Crippen molar-refractivity contribution in [3.63, 3.8) is 0 Å². The van der Waals surface area contributed by atoms with E-state index in [1.807, 2.05) is 30.3 Å². The highest BCUT2D eigenvalue weighted by Crippen LogP contribution is 2.22. The van der Waals surface area contributed by atoms with Crippen LogP contribution in [0, 0.1) is 0 Å². The van der Waals surface area contributed by atoms with Gasteiger partial charge in [0.25, 0.3) is 5.91 Å². The maximum Gasteiger partial charge on any atom is 0.253 e. The Labute approximate surface area is 149 Å². The maximum absolute atomic E-state index is 12.5. The van der Waals surface area contributed by atoms with Crippen LogP contribution in [0.1, 0.15) is 17.3 Å². The predicted molar refractivity (Wildman–Crippen MR) is 96.3 cm³/mol. The Kier molecular flexibility index (Phi) is 3.80. The quantitative estimate of drug-likeness (QED) is 0.731. The monoisotopic (exact) mass is 350 g/mol. The lowest BCUT2D eigenvalue weighted by molar-refractivity contribution is -0.120. The molecule has 3 heterocycles. The van der Waals surface area contributed by atoms with Crippen LogP contribution in [0.15, 0.2) is 42.5 Å². The number of nitrogen functional groups attached to an aromatic ring is 1. The van der Waals surface area contributed by atoms with E-state index in [0.29, 0.717) is 24.3 Å². The molecule has 0 aliphatic carbocycles. The second kappa shape index (κ2) is 6.14. The summed E-state index contributed by atoms with van der Waals surface area (Å²) in [5.41, 5.74) is 8.72. The van der Waals surface area contributed by atoms with Crippen molar-refractivity contribution in [2.75, 3.05) is 18.8 Å². The van der Waals surface area contributed by atoms with Crippen molar-refractivity contribution < 1.29 is 9.59 Å². The molecule has 0 saturated carbocycles. The van der Waals surface area contributed by atoms with Gasteiger partial charge in [0.05, 0.1) is 11.7 Å². The molecular formula is C18H18N6O2. The number of nitrogens with two attached hydrogens (primary N) is 1. The van der Waals surface area contributed by atoms with Crippen molar-refractivity contribution in [1.29, 1.82) is 0 Å². The number of hydrogen-bond donors (Lipinski definition) is 2. The highest BCUT2D eigenvalue weighted by atomic mass is 16.2.